The lowest BCUT2D eigenvalue weighted by Crippen LogP contribution is -2.19. The minimum atomic E-state index is 0.0991. The summed E-state index contributed by atoms with van der Waals surface area (Å²) in [6.07, 6.45) is 0.481. The summed E-state index contributed by atoms with van der Waals surface area (Å²) in [6.45, 7) is 2.67. The van der Waals surface area contributed by atoms with Gasteiger partial charge in [-0.1, -0.05) is 0 Å². The lowest BCUT2D eigenvalue weighted by molar-refractivity contribution is 0.323. The van der Waals surface area contributed by atoms with Crippen LogP contribution in [0.3, 0.4) is 0 Å². The van der Waals surface area contributed by atoms with Crippen molar-refractivity contribution >= 4 is 0 Å². The van der Waals surface area contributed by atoms with Crippen LogP contribution in [0.15, 0.2) is 12.1 Å². The Hall–Kier alpha value is -1.93. The van der Waals surface area contributed by atoms with Crippen LogP contribution in [0, 0.1) is 11.3 Å². The van der Waals surface area contributed by atoms with E-state index in [-0.39, 0.29) is 6.04 Å². The molecule has 0 aromatic heterocycles. The van der Waals surface area contributed by atoms with E-state index in [1.807, 2.05) is 19.1 Å². The van der Waals surface area contributed by atoms with Gasteiger partial charge in [-0.15, -0.1) is 0 Å². The summed E-state index contributed by atoms with van der Waals surface area (Å²) >= 11 is 0. The molecule has 0 radical (unpaired) electrons. The van der Waals surface area contributed by atoms with Gasteiger partial charge in [0.05, 0.1) is 27.4 Å². The van der Waals surface area contributed by atoms with Crippen LogP contribution in [0.4, 0.5) is 0 Å². The first-order chi connectivity index (χ1) is 9.17. The van der Waals surface area contributed by atoms with Gasteiger partial charge in [-0.2, -0.15) is 5.26 Å². The normalized spacial score (nSPS) is 11.5. The first-order valence-corrected chi connectivity index (χ1v) is 6.08. The quantitative estimate of drug-likeness (QED) is 0.765. The standard InChI is InChI=1S/C14H20N2O3/c1-10(16-7-5-6-15)11-8-12(17-2)14(19-4)13(9-11)18-3/h8-10,16H,5,7H2,1-4H3. The Morgan fingerprint density at radius 2 is 1.74 bits per heavy atom. The molecule has 0 fully saturated rings. The molecule has 1 rings (SSSR count). The number of nitrogens with zero attached hydrogens (tertiary/aromatic N) is 1. The molecule has 0 aliphatic carbocycles. The lowest BCUT2D eigenvalue weighted by Gasteiger charge is -2.18. The van der Waals surface area contributed by atoms with Gasteiger partial charge in [0.1, 0.15) is 0 Å². The molecule has 0 saturated carbocycles. The Morgan fingerprint density at radius 1 is 1.16 bits per heavy atom. The summed E-state index contributed by atoms with van der Waals surface area (Å²) in [5, 5.41) is 11.8. The van der Waals surface area contributed by atoms with Gasteiger partial charge in [-0.3, -0.25) is 0 Å². The molecule has 104 valence electrons. The van der Waals surface area contributed by atoms with Gasteiger partial charge in [0.15, 0.2) is 11.5 Å². The Morgan fingerprint density at radius 3 is 2.16 bits per heavy atom. The molecule has 0 aliphatic heterocycles. The van der Waals surface area contributed by atoms with Crippen molar-refractivity contribution in [2.75, 3.05) is 27.9 Å². The number of nitriles is 1. The predicted octanol–water partition coefficient (Wildman–Crippen LogP) is 2.28. The minimum Gasteiger partial charge on any atom is -0.493 e. The van der Waals surface area contributed by atoms with Crippen LogP contribution in [0.25, 0.3) is 0 Å². The molecule has 19 heavy (non-hydrogen) atoms. The average molecular weight is 264 g/mol. The highest BCUT2D eigenvalue weighted by Crippen LogP contribution is 2.39. The van der Waals surface area contributed by atoms with E-state index in [4.69, 9.17) is 19.5 Å². The second kappa shape index (κ2) is 7.49. The van der Waals surface area contributed by atoms with Gasteiger partial charge < -0.3 is 19.5 Å². The third-order valence-electron chi connectivity index (χ3n) is 2.87. The summed E-state index contributed by atoms with van der Waals surface area (Å²) < 4.78 is 15.9. The molecular weight excluding hydrogens is 244 g/mol. The first kappa shape index (κ1) is 15.1. The highest BCUT2D eigenvalue weighted by molar-refractivity contribution is 5.54. The van der Waals surface area contributed by atoms with Gasteiger partial charge in [-0.25, -0.2) is 0 Å². The van der Waals surface area contributed by atoms with Crippen molar-refractivity contribution in [2.45, 2.75) is 19.4 Å². The maximum Gasteiger partial charge on any atom is 0.203 e. The minimum absolute atomic E-state index is 0.0991. The molecule has 5 heteroatoms. The number of rotatable bonds is 7. The Kier molecular flexibility index (Phi) is 5.97. The number of methoxy groups -OCH3 is 3. The summed E-state index contributed by atoms with van der Waals surface area (Å²) in [5.41, 5.74) is 1.02. The van der Waals surface area contributed by atoms with E-state index in [0.29, 0.717) is 30.2 Å². The van der Waals surface area contributed by atoms with Gasteiger partial charge >= 0.3 is 0 Å². The molecule has 0 spiro atoms. The maximum atomic E-state index is 8.54. The second-order valence-corrected chi connectivity index (χ2v) is 4.04. The van der Waals surface area contributed by atoms with Crippen molar-refractivity contribution in [2.24, 2.45) is 0 Å². The van der Waals surface area contributed by atoms with Gasteiger partial charge in [0.25, 0.3) is 0 Å². The van der Waals surface area contributed by atoms with Gasteiger partial charge in [-0.05, 0) is 24.6 Å². The van der Waals surface area contributed by atoms with Gasteiger partial charge in [0, 0.05) is 19.0 Å². The van der Waals surface area contributed by atoms with Crippen molar-refractivity contribution < 1.29 is 14.2 Å². The number of hydrogen-bond acceptors (Lipinski definition) is 5. The fourth-order valence-corrected chi connectivity index (χ4v) is 1.81. The molecule has 1 atom stereocenters. The number of hydrogen-bond donors (Lipinski definition) is 1. The zero-order chi connectivity index (χ0) is 14.3. The molecule has 0 saturated heterocycles. The highest BCUT2D eigenvalue weighted by atomic mass is 16.5. The van der Waals surface area contributed by atoms with Crippen LogP contribution in [0.1, 0.15) is 24.9 Å². The van der Waals surface area contributed by atoms with Crippen molar-refractivity contribution in [3.05, 3.63) is 17.7 Å². The molecule has 1 aromatic carbocycles. The molecule has 5 nitrogen and oxygen atoms in total. The van der Waals surface area contributed by atoms with E-state index in [9.17, 15) is 0 Å². The van der Waals surface area contributed by atoms with Crippen molar-refractivity contribution in [3.8, 4) is 23.3 Å². The molecule has 0 aliphatic rings. The van der Waals surface area contributed by atoms with Crippen LogP contribution in [-0.2, 0) is 0 Å². The summed E-state index contributed by atoms with van der Waals surface area (Å²) in [7, 11) is 4.76. The van der Waals surface area contributed by atoms with Crippen molar-refractivity contribution in [1.29, 1.82) is 5.26 Å². The molecule has 1 N–H and O–H groups in total. The molecule has 1 unspecified atom stereocenters. The largest absolute Gasteiger partial charge is 0.493 e. The van der Waals surface area contributed by atoms with E-state index in [1.54, 1.807) is 21.3 Å². The Balaban J connectivity index is 2.99. The summed E-state index contributed by atoms with van der Waals surface area (Å²) in [5.74, 6) is 1.84. The van der Waals surface area contributed by atoms with Crippen molar-refractivity contribution in [3.63, 3.8) is 0 Å². The van der Waals surface area contributed by atoms with E-state index in [1.165, 1.54) is 0 Å². The molecule has 0 bridgehead atoms. The second-order valence-electron chi connectivity index (χ2n) is 4.04. The third-order valence-corrected chi connectivity index (χ3v) is 2.87. The van der Waals surface area contributed by atoms with Gasteiger partial charge in [0.2, 0.25) is 5.75 Å². The smallest absolute Gasteiger partial charge is 0.203 e. The molecule has 0 heterocycles. The monoisotopic (exact) mass is 264 g/mol. The Labute approximate surface area is 114 Å². The maximum absolute atomic E-state index is 8.54. The van der Waals surface area contributed by atoms with Crippen molar-refractivity contribution in [1.82, 2.24) is 5.32 Å². The Bertz CT molecular complexity index is 429. The van der Waals surface area contributed by atoms with E-state index in [0.717, 1.165) is 5.56 Å². The fourth-order valence-electron chi connectivity index (χ4n) is 1.81. The van der Waals surface area contributed by atoms with Crippen LogP contribution < -0.4 is 19.5 Å². The molecule has 0 amide bonds. The first-order valence-electron chi connectivity index (χ1n) is 6.08. The zero-order valence-electron chi connectivity index (χ0n) is 11.8. The predicted molar refractivity (Wildman–Crippen MR) is 72.7 cm³/mol. The topological polar surface area (TPSA) is 63.5 Å². The SMILES string of the molecule is COc1cc(C(C)NCCC#N)cc(OC)c1OC. The van der Waals surface area contributed by atoms with E-state index in [2.05, 4.69) is 11.4 Å². The highest BCUT2D eigenvalue weighted by Gasteiger charge is 2.15. The molecule has 1 aromatic rings. The molecular formula is C14H20N2O3. The summed E-state index contributed by atoms with van der Waals surface area (Å²) in [4.78, 5) is 0. The summed E-state index contributed by atoms with van der Waals surface area (Å²) in [6, 6.07) is 6.02. The zero-order valence-corrected chi connectivity index (χ0v) is 11.8. The van der Waals surface area contributed by atoms with E-state index >= 15 is 0 Å². The average Bonchev–Trinajstić information content (AvgIpc) is 2.45. The van der Waals surface area contributed by atoms with Crippen LogP contribution >= 0.6 is 0 Å². The van der Waals surface area contributed by atoms with Crippen LogP contribution in [0.2, 0.25) is 0 Å². The number of ether oxygens (including phenoxy) is 3. The van der Waals surface area contributed by atoms with Crippen LogP contribution in [-0.4, -0.2) is 27.9 Å². The fraction of sp³-hybridized carbons (Fsp3) is 0.500. The number of benzene rings is 1. The third kappa shape index (κ3) is 3.76. The van der Waals surface area contributed by atoms with E-state index < -0.39 is 0 Å². The van der Waals surface area contributed by atoms with Crippen LogP contribution in [0.5, 0.6) is 17.2 Å². The number of nitrogens with one attached hydrogen (secondary N) is 1. The lowest BCUT2D eigenvalue weighted by atomic mass is 10.1.